The van der Waals surface area contributed by atoms with Crippen molar-refractivity contribution in [1.82, 2.24) is 4.83 Å². The lowest BCUT2D eigenvalue weighted by Gasteiger charge is -2.60. The van der Waals surface area contributed by atoms with Crippen LogP contribution in [-0.4, -0.2) is 31.1 Å². The minimum atomic E-state index is -3.32. The van der Waals surface area contributed by atoms with E-state index in [0.717, 1.165) is 44.1 Å². The van der Waals surface area contributed by atoms with Crippen LogP contribution in [0.5, 0.6) is 0 Å². The number of hydrogen-bond donors (Lipinski definition) is 2. The van der Waals surface area contributed by atoms with Crippen molar-refractivity contribution in [1.29, 1.82) is 0 Å². The molecule has 0 amide bonds. The van der Waals surface area contributed by atoms with Crippen LogP contribution in [0, 0.1) is 34.5 Å². The van der Waals surface area contributed by atoms with Crippen molar-refractivity contribution in [3.63, 3.8) is 0 Å². The van der Waals surface area contributed by atoms with Crippen molar-refractivity contribution in [2.75, 3.05) is 6.26 Å². The standard InChI is InChI=1S/C22H34N2O3S/c1-14-12-15-13-16(23-24-28(5,26)27)6-9-20(15,2)17-7-10-21(3)18(19(14)17)8-11-22(21,4)25/h8,11,13-14,17-19,24-25H,6-7,9-10,12H2,1-5H3/b23-16+/t14-,17+,18+,19-,20+,21+,22+/m1/s1. The van der Waals surface area contributed by atoms with Crippen LogP contribution in [0.1, 0.15) is 59.8 Å². The van der Waals surface area contributed by atoms with E-state index in [2.05, 4.69) is 42.9 Å². The maximum atomic E-state index is 11.4. The van der Waals surface area contributed by atoms with Crippen molar-refractivity contribution in [3.8, 4) is 0 Å². The first-order chi connectivity index (χ1) is 12.9. The lowest BCUT2D eigenvalue weighted by atomic mass is 9.44. The van der Waals surface area contributed by atoms with Gasteiger partial charge in [-0.3, -0.25) is 0 Å². The van der Waals surface area contributed by atoms with E-state index in [-0.39, 0.29) is 10.8 Å². The van der Waals surface area contributed by atoms with Gasteiger partial charge in [-0.05, 0) is 74.2 Å². The Bertz CT molecular complexity index is 872. The zero-order valence-electron chi connectivity index (χ0n) is 17.7. The van der Waals surface area contributed by atoms with Crippen LogP contribution in [0.15, 0.2) is 28.9 Å². The van der Waals surface area contributed by atoms with Gasteiger partial charge in [-0.15, -0.1) is 0 Å². The number of aliphatic hydroxyl groups is 1. The number of hydrazone groups is 1. The molecule has 4 aliphatic carbocycles. The fourth-order valence-corrected chi connectivity index (χ4v) is 7.09. The predicted molar refractivity (Wildman–Crippen MR) is 112 cm³/mol. The van der Waals surface area contributed by atoms with Gasteiger partial charge in [-0.2, -0.15) is 5.10 Å². The monoisotopic (exact) mass is 406 g/mol. The van der Waals surface area contributed by atoms with E-state index in [0.29, 0.717) is 23.7 Å². The van der Waals surface area contributed by atoms with E-state index in [9.17, 15) is 13.5 Å². The second kappa shape index (κ2) is 6.18. The van der Waals surface area contributed by atoms with Crippen LogP contribution < -0.4 is 4.83 Å². The van der Waals surface area contributed by atoms with E-state index in [4.69, 9.17) is 0 Å². The summed E-state index contributed by atoms with van der Waals surface area (Å²) in [4.78, 5) is 2.29. The van der Waals surface area contributed by atoms with Crippen molar-refractivity contribution < 1.29 is 13.5 Å². The maximum Gasteiger partial charge on any atom is 0.244 e. The highest BCUT2D eigenvalue weighted by Gasteiger charge is 2.61. The third-order valence-electron chi connectivity index (χ3n) is 8.72. The molecule has 4 rings (SSSR count). The van der Waals surface area contributed by atoms with E-state index in [1.54, 1.807) is 0 Å². The number of nitrogens with zero attached hydrogens (tertiary/aromatic N) is 1. The highest BCUT2D eigenvalue weighted by Crippen LogP contribution is 2.66. The zero-order chi connectivity index (χ0) is 20.5. The van der Waals surface area contributed by atoms with Crippen LogP contribution in [0.25, 0.3) is 0 Å². The summed E-state index contributed by atoms with van der Waals surface area (Å²) in [7, 11) is -3.32. The normalized spacial score (nSPS) is 49.2. The van der Waals surface area contributed by atoms with Crippen molar-refractivity contribution in [2.45, 2.75) is 65.4 Å². The van der Waals surface area contributed by atoms with E-state index in [1.807, 2.05) is 13.0 Å². The number of hydrogen-bond acceptors (Lipinski definition) is 4. The number of nitrogens with one attached hydrogen (secondary N) is 1. The Labute approximate surface area is 169 Å². The molecule has 0 spiro atoms. The van der Waals surface area contributed by atoms with Gasteiger partial charge in [-0.25, -0.2) is 13.2 Å². The number of rotatable bonds is 2. The maximum absolute atomic E-state index is 11.4. The summed E-state index contributed by atoms with van der Waals surface area (Å²) in [5, 5.41) is 15.2. The summed E-state index contributed by atoms with van der Waals surface area (Å²) in [5.41, 5.74) is 1.63. The largest absolute Gasteiger partial charge is 0.385 e. The Kier molecular flexibility index (Phi) is 4.45. The van der Waals surface area contributed by atoms with Crippen molar-refractivity contribution >= 4 is 15.7 Å². The Balaban J connectivity index is 1.66. The molecular weight excluding hydrogens is 372 g/mol. The molecule has 28 heavy (non-hydrogen) atoms. The summed E-state index contributed by atoms with van der Waals surface area (Å²) in [5.74, 6) is 2.15. The summed E-state index contributed by atoms with van der Waals surface area (Å²) >= 11 is 0. The zero-order valence-corrected chi connectivity index (χ0v) is 18.5. The van der Waals surface area contributed by atoms with Gasteiger partial charge in [0.05, 0.1) is 17.6 Å². The van der Waals surface area contributed by atoms with Gasteiger partial charge in [0.2, 0.25) is 10.0 Å². The first kappa shape index (κ1) is 20.1. The minimum Gasteiger partial charge on any atom is -0.385 e. The fourth-order valence-electron chi connectivity index (χ4n) is 6.81. The van der Waals surface area contributed by atoms with Crippen LogP contribution >= 0.6 is 0 Å². The van der Waals surface area contributed by atoms with Gasteiger partial charge in [0, 0.05) is 5.41 Å². The molecule has 0 aromatic carbocycles. The Morgan fingerprint density at radius 3 is 2.64 bits per heavy atom. The van der Waals surface area contributed by atoms with Gasteiger partial charge in [-0.1, -0.05) is 38.5 Å². The van der Waals surface area contributed by atoms with Gasteiger partial charge < -0.3 is 5.11 Å². The second-order valence-electron chi connectivity index (χ2n) is 10.4. The molecule has 2 N–H and O–H groups in total. The molecule has 0 unspecified atom stereocenters. The molecular formula is C22H34N2O3S. The predicted octanol–water partition coefficient (Wildman–Crippen LogP) is 3.63. The molecule has 0 aliphatic heterocycles. The summed E-state index contributed by atoms with van der Waals surface area (Å²) in [6.07, 6.45) is 12.7. The highest BCUT2D eigenvalue weighted by atomic mass is 32.2. The molecule has 5 nitrogen and oxygen atoms in total. The molecule has 6 heteroatoms. The summed E-state index contributed by atoms with van der Waals surface area (Å²) in [6, 6.07) is 0. The van der Waals surface area contributed by atoms with Crippen LogP contribution in [0.2, 0.25) is 0 Å². The first-order valence-electron chi connectivity index (χ1n) is 10.5. The molecule has 4 aliphatic rings. The van der Waals surface area contributed by atoms with Crippen LogP contribution in [0.3, 0.4) is 0 Å². The molecule has 0 aromatic heterocycles. The van der Waals surface area contributed by atoms with E-state index in [1.165, 1.54) is 5.57 Å². The van der Waals surface area contributed by atoms with Gasteiger partial charge in [0.15, 0.2) is 0 Å². The van der Waals surface area contributed by atoms with Crippen LogP contribution in [-0.2, 0) is 10.0 Å². The molecule has 0 radical (unpaired) electrons. The molecule has 0 saturated heterocycles. The van der Waals surface area contributed by atoms with Gasteiger partial charge in [0.25, 0.3) is 0 Å². The average Bonchev–Trinajstić information content (AvgIpc) is 2.83. The Hall–Kier alpha value is -1.14. The Morgan fingerprint density at radius 2 is 1.96 bits per heavy atom. The molecule has 156 valence electrons. The third kappa shape index (κ3) is 2.90. The number of sulfonamides is 1. The molecule has 0 aromatic rings. The molecule has 0 heterocycles. The van der Waals surface area contributed by atoms with Gasteiger partial charge in [0.1, 0.15) is 0 Å². The smallest absolute Gasteiger partial charge is 0.244 e. The molecule has 0 bridgehead atoms. The SMILES string of the molecule is C[C@@H]1CC2=C/C(=N/NS(C)(=O)=O)CC[C@]2(C)[C@H]2CC[C@@]3(C)[C@@H](C=C[C@]3(C)O)[C@H]12. The second-order valence-corrected chi connectivity index (χ2v) is 12.1. The third-order valence-corrected chi connectivity index (χ3v) is 9.14. The molecule has 2 saturated carbocycles. The van der Waals surface area contributed by atoms with E-state index >= 15 is 0 Å². The Morgan fingerprint density at radius 1 is 1.25 bits per heavy atom. The van der Waals surface area contributed by atoms with Crippen LogP contribution in [0.4, 0.5) is 0 Å². The quantitative estimate of drug-likeness (QED) is 0.543. The fraction of sp³-hybridized carbons (Fsp3) is 0.773. The molecule has 7 atom stereocenters. The topological polar surface area (TPSA) is 78.8 Å². The number of allylic oxidation sites excluding steroid dienone is 3. The first-order valence-corrected chi connectivity index (χ1v) is 12.4. The molecule has 2 fully saturated rings. The lowest BCUT2D eigenvalue weighted by molar-refractivity contribution is -0.117. The number of fused-ring (bicyclic) bond motifs is 5. The highest BCUT2D eigenvalue weighted by molar-refractivity contribution is 7.88. The van der Waals surface area contributed by atoms with Crippen molar-refractivity contribution in [2.24, 2.45) is 39.6 Å². The average molecular weight is 407 g/mol. The lowest BCUT2D eigenvalue weighted by Crippen LogP contribution is -2.56. The summed E-state index contributed by atoms with van der Waals surface area (Å²) < 4.78 is 22.8. The van der Waals surface area contributed by atoms with E-state index < -0.39 is 15.6 Å². The summed E-state index contributed by atoms with van der Waals surface area (Å²) in [6.45, 7) is 9.01. The van der Waals surface area contributed by atoms with Gasteiger partial charge >= 0.3 is 0 Å². The minimum absolute atomic E-state index is 0.0688. The van der Waals surface area contributed by atoms with Crippen molar-refractivity contribution in [3.05, 3.63) is 23.8 Å².